The maximum atomic E-state index is 6.07. The second-order valence-electron chi connectivity index (χ2n) is 3.55. The maximum Gasteiger partial charge on any atom is 0.0338 e. The molecule has 0 bridgehead atoms. The molecule has 65 valence electrons. The first-order chi connectivity index (χ1) is 5.33. The zero-order valence-electron chi connectivity index (χ0n) is 7.35. The molecule has 0 amide bonds. The molecule has 1 aliphatic rings. The molecule has 1 fully saturated rings. The third-order valence-corrected chi connectivity index (χ3v) is 2.84. The van der Waals surface area contributed by atoms with Crippen LogP contribution in [0.15, 0.2) is 0 Å². The van der Waals surface area contributed by atoms with E-state index in [9.17, 15) is 0 Å². The number of hydrogen-bond acceptors (Lipinski definition) is 0. The lowest BCUT2D eigenvalue weighted by Crippen LogP contribution is -2.15. The van der Waals surface area contributed by atoms with Crippen molar-refractivity contribution in [2.45, 2.75) is 50.8 Å². The topological polar surface area (TPSA) is 0 Å². The molecule has 11 heavy (non-hydrogen) atoms. The summed E-state index contributed by atoms with van der Waals surface area (Å²) in [5.74, 6) is 0.825. The van der Waals surface area contributed by atoms with E-state index in [4.69, 9.17) is 11.6 Å². The van der Waals surface area contributed by atoms with Gasteiger partial charge in [0.25, 0.3) is 0 Å². The fourth-order valence-corrected chi connectivity index (χ4v) is 2.17. The smallest absolute Gasteiger partial charge is 0.0338 e. The van der Waals surface area contributed by atoms with Crippen LogP contribution in [0, 0.1) is 12.3 Å². The largest absolute Gasteiger partial charge is 0.123 e. The number of alkyl halides is 1. The summed E-state index contributed by atoms with van der Waals surface area (Å²) in [6, 6.07) is 0. The Morgan fingerprint density at radius 1 is 1.45 bits per heavy atom. The second kappa shape index (κ2) is 5.03. The first-order valence-electron chi connectivity index (χ1n) is 4.80. The molecule has 0 saturated heterocycles. The standard InChI is InChI=1S/C10H18Cl/c1-2-3-5-9-6-4-7-10(11)8-9/h5,9-10H,2-4,6-8H2,1H3. The van der Waals surface area contributed by atoms with Gasteiger partial charge < -0.3 is 0 Å². The normalized spacial score (nSPS) is 32.2. The minimum Gasteiger partial charge on any atom is -0.123 e. The second-order valence-corrected chi connectivity index (χ2v) is 4.17. The van der Waals surface area contributed by atoms with Crippen molar-refractivity contribution in [3.05, 3.63) is 6.42 Å². The lowest BCUT2D eigenvalue weighted by atomic mass is 9.85. The third kappa shape index (κ3) is 3.46. The fourth-order valence-electron chi connectivity index (χ4n) is 1.78. The quantitative estimate of drug-likeness (QED) is 0.570. The summed E-state index contributed by atoms with van der Waals surface area (Å²) in [7, 11) is 0. The Labute approximate surface area is 75.3 Å². The van der Waals surface area contributed by atoms with Gasteiger partial charge >= 0.3 is 0 Å². The van der Waals surface area contributed by atoms with Crippen LogP contribution in [0.1, 0.15) is 45.4 Å². The first kappa shape index (κ1) is 9.38. The Morgan fingerprint density at radius 3 is 2.91 bits per heavy atom. The summed E-state index contributed by atoms with van der Waals surface area (Å²) in [6.07, 6.45) is 10.2. The Kier molecular flexibility index (Phi) is 4.29. The van der Waals surface area contributed by atoms with E-state index in [1.807, 2.05) is 0 Å². The molecule has 0 spiro atoms. The Morgan fingerprint density at radius 2 is 2.27 bits per heavy atom. The zero-order chi connectivity index (χ0) is 8.10. The molecule has 2 atom stereocenters. The van der Waals surface area contributed by atoms with Crippen molar-refractivity contribution >= 4 is 11.6 Å². The minimum atomic E-state index is 0.460. The van der Waals surface area contributed by atoms with E-state index >= 15 is 0 Å². The van der Waals surface area contributed by atoms with E-state index in [0.717, 1.165) is 5.92 Å². The number of halogens is 1. The minimum absolute atomic E-state index is 0.460. The van der Waals surface area contributed by atoms with Crippen LogP contribution < -0.4 is 0 Å². The van der Waals surface area contributed by atoms with Crippen molar-refractivity contribution in [1.82, 2.24) is 0 Å². The molecule has 1 aliphatic carbocycles. The highest BCUT2D eigenvalue weighted by atomic mass is 35.5. The average molecular weight is 174 g/mol. The molecule has 0 aromatic heterocycles. The van der Waals surface area contributed by atoms with E-state index in [1.54, 1.807) is 0 Å². The van der Waals surface area contributed by atoms with E-state index in [0.29, 0.717) is 5.38 Å². The van der Waals surface area contributed by atoms with Crippen molar-refractivity contribution < 1.29 is 0 Å². The van der Waals surface area contributed by atoms with Crippen LogP contribution in [0.25, 0.3) is 0 Å². The molecule has 0 nitrogen and oxygen atoms in total. The third-order valence-electron chi connectivity index (χ3n) is 2.44. The van der Waals surface area contributed by atoms with Crippen LogP contribution in [-0.4, -0.2) is 5.38 Å². The highest BCUT2D eigenvalue weighted by Gasteiger charge is 2.19. The summed E-state index contributed by atoms with van der Waals surface area (Å²) in [6.45, 7) is 2.23. The lowest BCUT2D eigenvalue weighted by Gasteiger charge is -2.24. The van der Waals surface area contributed by atoms with Crippen LogP contribution in [0.5, 0.6) is 0 Å². The fraction of sp³-hybridized carbons (Fsp3) is 0.900. The van der Waals surface area contributed by atoms with Crippen molar-refractivity contribution in [3.8, 4) is 0 Å². The SMILES string of the molecule is CCC[CH]C1CCCC(Cl)C1. The first-order valence-corrected chi connectivity index (χ1v) is 5.24. The molecular weight excluding hydrogens is 156 g/mol. The molecule has 1 heteroatoms. The van der Waals surface area contributed by atoms with Crippen LogP contribution in [0.2, 0.25) is 0 Å². The van der Waals surface area contributed by atoms with Gasteiger partial charge in [0.05, 0.1) is 0 Å². The molecular formula is C10H18Cl. The summed E-state index contributed by atoms with van der Waals surface area (Å²) in [5.41, 5.74) is 0. The molecule has 0 heterocycles. The van der Waals surface area contributed by atoms with Crippen LogP contribution in [0.3, 0.4) is 0 Å². The highest BCUT2D eigenvalue weighted by molar-refractivity contribution is 6.20. The van der Waals surface area contributed by atoms with Gasteiger partial charge in [-0.3, -0.25) is 0 Å². The lowest BCUT2D eigenvalue weighted by molar-refractivity contribution is 0.395. The molecule has 0 aromatic carbocycles. The predicted molar refractivity (Wildman–Crippen MR) is 50.8 cm³/mol. The molecule has 2 unspecified atom stereocenters. The Hall–Kier alpha value is 0.290. The summed E-state index contributed by atoms with van der Waals surface area (Å²) in [4.78, 5) is 0. The van der Waals surface area contributed by atoms with Crippen molar-refractivity contribution in [3.63, 3.8) is 0 Å². The molecule has 0 aliphatic heterocycles. The summed E-state index contributed by atoms with van der Waals surface area (Å²) < 4.78 is 0. The van der Waals surface area contributed by atoms with E-state index in [1.165, 1.54) is 38.5 Å². The van der Waals surface area contributed by atoms with Gasteiger partial charge in [0.1, 0.15) is 0 Å². The molecule has 1 radical (unpaired) electrons. The van der Waals surface area contributed by atoms with Gasteiger partial charge in [-0.15, -0.1) is 11.6 Å². The van der Waals surface area contributed by atoms with E-state index in [2.05, 4.69) is 13.3 Å². The van der Waals surface area contributed by atoms with Gasteiger partial charge in [0, 0.05) is 5.38 Å². The summed E-state index contributed by atoms with van der Waals surface area (Å²) in [5, 5.41) is 0.460. The van der Waals surface area contributed by atoms with Crippen molar-refractivity contribution in [1.29, 1.82) is 0 Å². The van der Waals surface area contributed by atoms with Gasteiger partial charge in [-0.1, -0.05) is 32.6 Å². The monoisotopic (exact) mass is 173 g/mol. The Bertz CT molecular complexity index is 101. The Balaban J connectivity index is 2.12. The maximum absolute atomic E-state index is 6.07. The van der Waals surface area contributed by atoms with Gasteiger partial charge in [0.15, 0.2) is 0 Å². The van der Waals surface area contributed by atoms with Crippen molar-refractivity contribution in [2.24, 2.45) is 5.92 Å². The van der Waals surface area contributed by atoms with E-state index < -0.39 is 0 Å². The number of hydrogen-bond donors (Lipinski definition) is 0. The molecule has 1 rings (SSSR count). The molecule has 0 aromatic rings. The van der Waals surface area contributed by atoms with Crippen molar-refractivity contribution in [2.75, 3.05) is 0 Å². The van der Waals surface area contributed by atoms with Crippen LogP contribution >= 0.6 is 11.6 Å². The predicted octanol–water partition coefficient (Wildman–Crippen LogP) is 3.79. The van der Waals surface area contributed by atoms with Gasteiger partial charge in [-0.2, -0.15) is 0 Å². The molecule has 1 saturated carbocycles. The van der Waals surface area contributed by atoms with E-state index in [-0.39, 0.29) is 0 Å². The summed E-state index contributed by atoms with van der Waals surface area (Å²) >= 11 is 6.07. The molecule has 0 N–H and O–H groups in total. The number of rotatable bonds is 3. The average Bonchev–Trinajstić information content (AvgIpc) is 2.01. The van der Waals surface area contributed by atoms with Gasteiger partial charge in [-0.05, 0) is 25.2 Å². The zero-order valence-corrected chi connectivity index (χ0v) is 8.11. The number of unbranched alkanes of at least 4 members (excludes halogenated alkanes) is 1. The van der Waals surface area contributed by atoms with Gasteiger partial charge in [-0.25, -0.2) is 0 Å². The van der Waals surface area contributed by atoms with Crippen LogP contribution in [0.4, 0.5) is 0 Å². The van der Waals surface area contributed by atoms with Crippen LogP contribution in [-0.2, 0) is 0 Å². The highest BCUT2D eigenvalue weighted by Crippen LogP contribution is 2.30. The van der Waals surface area contributed by atoms with Gasteiger partial charge in [0.2, 0.25) is 0 Å².